The van der Waals surface area contributed by atoms with Gasteiger partial charge in [-0.3, -0.25) is 4.79 Å². The molecule has 0 saturated heterocycles. The second-order valence-electron chi connectivity index (χ2n) is 8.21. The van der Waals surface area contributed by atoms with Crippen LogP contribution in [-0.2, 0) is 12.7 Å². The first-order valence-corrected chi connectivity index (χ1v) is 11.6. The topological polar surface area (TPSA) is 55.0 Å². The van der Waals surface area contributed by atoms with E-state index in [-0.39, 0.29) is 16.8 Å². The van der Waals surface area contributed by atoms with Crippen LogP contribution in [0.5, 0.6) is 5.75 Å². The molecule has 0 aliphatic heterocycles. The normalized spacial score (nSPS) is 11.3. The van der Waals surface area contributed by atoms with Crippen LogP contribution < -0.4 is 10.3 Å². The van der Waals surface area contributed by atoms with Gasteiger partial charge in [0.25, 0.3) is 5.56 Å². The van der Waals surface area contributed by atoms with Crippen molar-refractivity contribution in [3.8, 4) is 34.2 Å². The number of halogens is 6. The lowest BCUT2D eigenvalue weighted by Crippen LogP contribution is -2.29. The van der Waals surface area contributed by atoms with Gasteiger partial charge < -0.3 is 9.30 Å². The molecule has 3 aromatic carbocycles. The number of ether oxygens (including phenoxy) is 1. The second kappa shape index (κ2) is 10.7. The van der Waals surface area contributed by atoms with Gasteiger partial charge in [0.05, 0.1) is 29.4 Å². The largest absolute Gasteiger partial charge is 0.492 e. The zero-order chi connectivity index (χ0) is 27.6. The number of hydrogen-bond donors (Lipinski definition) is 0. The second-order valence-corrected chi connectivity index (χ2v) is 8.62. The zero-order valence-electron chi connectivity index (χ0n) is 19.7. The molecule has 0 N–H and O–H groups in total. The Kier molecular flexibility index (Phi) is 7.56. The van der Waals surface area contributed by atoms with Crippen molar-refractivity contribution in [2.75, 3.05) is 6.61 Å². The molecule has 1 aromatic heterocycles. The Hall–Kier alpha value is -4.16. The van der Waals surface area contributed by atoms with Crippen molar-refractivity contribution in [3.05, 3.63) is 110 Å². The van der Waals surface area contributed by atoms with Crippen LogP contribution in [0.15, 0.2) is 71.5 Å². The standard InChI is InChI=1S/C28H18ClF5N2O2/c1-2-38-26-9-7-17(11-23(26)29)16-4-3-5-18(10-16)25-13-22(28(32,33)34)21(14-35)27(37)36(25)15-19-6-8-20(30)12-24(19)31/h3-13H,2,15H2,1H3. The van der Waals surface area contributed by atoms with E-state index in [0.29, 0.717) is 40.6 Å². The summed E-state index contributed by atoms with van der Waals surface area (Å²) < 4.78 is 75.7. The number of aromatic nitrogens is 1. The lowest BCUT2D eigenvalue weighted by molar-refractivity contribution is -0.137. The number of hydrogen-bond acceptors (Lipinski definition) is 3. The molecule has 0 spiro atoms. The molecule has 38 heavy (non-hydrogen) atoms. The molecule has 4 rings (SSSR count). The first kappa shape index (κ1) is 26.9. The first-order valence-electron chi connectivity index (χ1n) is 11.3. The fourth-order valence-corrected chi connectivity index (χ4v) is 4.24. The van der Waals surface area contributed by atoms with Crippen LogP contribution in [0.25, 0.3) is 22.4 Å². The molecule has 4 aromatic rings. The molecule has 0 atom stereocenters. The highest BCUT2D eigenvalue weighted by molar-refractivity contribution is 6.32. The Morgan fingerprint density at radius 3 is 2.32 bits per heavy atom. The van der Waals surface area contributed by atoms with Crippen LogP contribution in [0.1, 0.15) is 23.6 Å². The minimum Gasteiger partial charge on any atom is -0.492 e. The molecule has 0 aliphatic carbocycles. The van der Waals surface area contributed by atoms with Crippen LogP contribution in [0.2, 0.25) is 5.02 Å². The van der Waals surface area contributed by atoms with Gasteiger partial charge in [0.2, 0.25) is 0 Å². The van der Waals surface area contributed by atoms with Crippen LogP contribution >= 0.6 is 11.6 Å². The summed E-state index contributed by atoms with van der Waals surface area (Å²) in [5.74, 6) is -1.38. The van der Waals surface area contributed by atoms with Crippen LogP contribution in [0.3, 0.4) is 0 Å². The highest BCUT2D eigenvalue weighted by Crippen LogP contribution is 2.36. The van der Waals surface area contributed by atoms with Gasteiger partial charge in [-0.25, -0.2) is 8.78 Å². The molecule has 10 heteroatoms. The molecule has 0 amide bonds. The maximum atomic E-state index is 14.4. The van der Waals surface area contributed by atoms with E-state index in [1.54, 1.807) is 43.3 Å². The maximum Gasteiger partial charge on any atom is 0.417 e. The third-order valence-corrected chi connectivity index (χ3v) is 6.08. The quantitative estimate of drug-likeness (QED) is 0.237. The summed E-state index contributed by atoms with van der Waals surface area (Å²) in [6, 6.07) is 16.0. The number of benzene rings is 3. The van der Waals surface area contributed by atoms with Crippen molar-refractivity contribution in [2.24, 2.45) is 0 Å². The summed E-state index contributed by atoms with van der Waals surface area (Å²) in [6.07, 6.45) is -5.00. The van der Waals surface area contributed by atoms with Crippen LogP contribution in [0, 0.1) is 23.0 Å². The van der Waals surface area contributed by atoms with Crippen molar-refractivity contribution >= 4 is 11.6 Å². The Morgan fingerprint density at radius 1 is 0.974 bits per heavy atom. The summed E-state index contributed by atoms with van der Waals surface area (Å²) in [6.45, 7) is 1.67. The van der Waals surface area contributed by atoms with Gasteiger partial charge >= 0.3 is 6.18 Å². The molecule has 0 bridgehead atoms. The molecule has 0 saturated carbocycles. The summed E-state index contributed by atoms with van der Waals surface area (Å²) in [5, 5.41) is 9.71. The minimum absolute atomic E-state index is 0.146. The Morgan fingerprint density at radius 2 is 1.68 bits per heavy atom. The third-order valence-electron chi connectivity index (χ3n) is 5.78. The van der Waals surface area contributed by atoms with Gasteiger partial charge in [0.1, 0.15) is 29.0 Å². The lowest BCUT2D eigenvalue weighted by atomic mass is 9.99. The van der Waals surface area contributed by atoms with Crippen molar-refractivity contribution in [1.29, 1.82) is 5.26 Å². The van der Waals surface area contributed by atoms with E-state index in [0.717, 1.165) is 16.7 Å². The fourth-order valence-electron chi connectivity index (χ4n) is 4.01. The lowest BCUT2D eigenvalue weighted by Gasteiger charge is -2.18. The molecule has 194 valence electrons. The average Bonchev–Trinajstić information content (AvgIpc) is 2.87. The van der Waals surface area contributed by atoms with Gasteiger partial charge in [0.15, 0.2) is 0 Å². The number of nitrogens with zero attached hydrogens (tertiary/aromatic N) is 2. The van der Waals surface area contributed by atoms with Gasteiger partial charge in [-0.05, 0) is 53.9 Å². The number of rotatable bonds is 6. The minimum atomic E-state index is -5.00. The predicted molar refractivity (Wildman–Crippen MR) is 133 cm³/mol. The Balaban J connectivity index is 1.93. The van der Waals surface area contributed by atoms with E-state index >= 15 is 0 Å². The third kappa shape index (κ3) is 5.41. The SMILES string of the molecule is CCOc1ccc(-c2cccc(-c3cc(C(F)(F)F)c(C#N)c(=O)n3Cc3ccc(F)cc3F)c2)cc1Cl. The highest BCUT2D eigenvalue weighted by Gasteiger charge is 2.36. The molecule has 4 nitrogen and oxygen atoms in total. The summed E-state index contributed by atoms with van der Waals surface area (Å²) >= 11 is 6.29. The van der Waals surface area contributed by atoms with E-state index in [2.05, 4.69) is 0 Å². The molecule has 0 fully saturated rings. The van der Waals surface area contributed by atoms with Gasteiger partial charge in [-0.1, -0.05) is 41.9 Å². The van der Waals surface area contributed by atoms with Crippen molar-refractivity contribution in [1.82, 2.24) is 4.57 Å². The predicted octanol–water partition coefficient (Wildman–Crippen LogP) is 7.45. The van der Waals surface area contributed by atoms with Crippen LogP contribution in [-0.4, -0.2) is 11.2 Å². The summed E-state index contributed by atoms with van der Waals surface area (Å²) in [5.41, 5.74) is -2.75. The number of pyridine rings is 1. The fraction of sp³-hybridized carbons (Fsp3) is 0.143. The first-order chi connectivity index (χ1) is 18.0. The van der Waals surface area contributed by atoms with E-state index in [1.807, 2.05) is 0 Å². The monoisotopic (exact) mass is 544 g/mol. The molecule has 1 heterocycles. The average molecular weight is 545 g/mol. The molecule has 0 unspecified atom stereocenters. The highest BCUT2D eigenvalue weighted by atomic mass is 35.5. The van der Waals surface area contributed by atoms with Crippen molar-refractivity contribution in [3.63, 3.8) is 0 Å². The van der Waals surface area contributed by atoms with Gasteiger partial charge in [-0.2, -0.15) is 18.4 Å². The van der Waals surface area contributed by atoms with E-state index in [4.69, 9.17) is 16.3 Å². The number of nitriles is 1. The van der Waals surface area contributed by atoms with E-state index < -0.39 is 41.0 Å². The smallest absolute Gasteiger partial charge is 0.417 e. The van der Waals surface area contributed by atoms with Gasteiger partial charge in [-0.15, -0.1) is 0 Å². The van der Waals surface area contributed by atoms with Crippen molar-refractivity contribution < 1.29 is 26.7 Å². The summed E-state index contributed by atoms with van der Waals surface area (Å²) in [7, 11) is 0. The van der Waals surface area contributed by atoms with Crippen molar-refractivity contribution in [2.45, 2.75) is 19.6 Å². The molecular formula is C28H18ClF5N2O2. The number of alkyl halides is 3. The Bertz CT molecular complexity index is 1620. The van der Waals surface area contributed by atoms with E-state index in [1.165, 1.54) is 12.1 Å². The van der Waals surface area contributed by atoms with E-state index in [9.17, 15) is 32.0 Å². The molecular weight excluding hydrogens is 527 g/mol. The zero-order valence-corrected chi connectivity index (χ0v) is 20.5. The molecule has 0 aliphatic rings. The maximum absolute atomic E-state index is 14.4. The van der Waals surface area contributed by atoms with Crippen LogP contribution in [0.4, 0.5) is 22.0 Å². The summed E-state index contributed by atoms with van der Waals surface area (Å²) in [4.78, 5) is 13.2. The molecule has 0 radical (unpaired) electrons. The Labute approximate surface area is 219 Å². The van der Waals surface area contributed by atoms with Gasteiger partial charge in [0, 0.05) is 11.6 Å².